The minimum atomic E-state index is -1.12. The van der Waals surface area contributed by atoms with E-state index < -0.39 is 5.60 Å². The van der Waals surface area contributed by atoms with Crippen molar-refractivity contribution < 1.29 is 9.90 Å². The zero-order valence-electron chi connectivity index (χ0n) is 14.4. The number of aliphatic hydroxyl groups is 1. The summed E-state index contributed by atoms with van der Waals surface area (Å²) in [6, 6.07) is 16.7. The molecule has 0 radical (unpaired) electrons. The summed E-state index contributed by atoms with van der Waals surface area (Å²) in [4.78, 5) is 14.1. The van der Waals surface area contributed by atoms with Gasteiger partial charge in [0.15, 0.2) is 0 Å². The number of hydrogen-bond acceptors (Lipinski definition) is 3. The molecular formula is C19H25N3O2. The molecule has 3 N–H and O–H groups in total. The molecule has 0 fully saturated rings. The van der Waals surface area contributed by atoms with Gasteiger partial charge in [-0.05, 0) is 44.3 Å². The fraction of sp³-hybridized carbons (Fsp3) is 0.316. The third-order valence-electron chi connectivity index (χ3n) is 3.67. The van der Waals surface area contributed by atoms with Gasteiger partial charge >= 0.3 is 6.03 Å². The second-order valence-electron chi connectivity index (χ2n) is 6.39. The number of benzene rings is 2. The molecule has 0 aliphatic rings. The molecule has 1 unspecified atom stereocenters. The lowest BCUT2D eigenvalue weighted by atomic mass is 9.96. The van der Waals surface area contributed by atoms with Gasteiger partial charge in [0.1, 0.15) is 5.60 Å². The molecule has 0 saturated heterocycles. The van der Waals surface area contributed by atoms with Gasteiger partial charge in [-0.15, -0.1) is 0 Å². The van der Waals surface area contributed by atoms with E-state index >= 15 is 0 Å². The van der Waals surface area contributed by atoms with Crippen molar-refractivity contribution in [3.8, 4) is 0 Å². The van der Waals surface area contributed by atoms with Gasteiger partial charge in [0.05, 0.1) is 6.54 Å². The molecule has 0 bridgehead atoms. The van der Waals surface area contributed by atoms with E-state index in [1.807, 2.05) is 68.7 Å². The SMILES string of the molecule is CN(C)Cc1cccc(NC(=O)NCC(C)(O)c2ccccc2)c1. The summed E-state index contributed by atoms with van der Waals surface area (Å²) in [7, 11) is 4.00. The van der Waals surface area contributed by atoms with Crippen LogP contribution in [0.4, 0.5) is 10.5 Å². The van der Waals surface area contributed by atoms with Crippen LogP contribution < -0.4 is 10.6 Å². The normalized spacial score (nSPS) is 13.4. The molecular weight excluding hydrogens is 302 g/mol. The number of hydrogen-bond donors (Lipinski definition) is 3. The monoisotopic (exact) mass is 327 g/mol. The van der Waals surface area contributed by atoms with Crippen molar-refractivity contribution in [3.05, 3.63) is 65.7 Å². The van der Waals surface area contributed by atoms with Gasteiger partial charge < -0.3 is 20.6 Å². The molecule has 5 heteroatoms. The number of rotatable bonds is 6. The van der Waals surface area contributed by atoms with Crippen molar-refractivity contribution in [1.82, 2.24) is 10.2 Å². The van der Waals surface area contributed by atoms with E-state index in [1.54, 1.807) is 6.92 Å². The van der Waals surface area contributed by atoms with Crippen LogP contribution in [0.1, 0.15) is 18.1 Å². The van der Waals surface area contributed by atoms with Crippen molar-refractivity contribution in [2.75, 3.05) is 26.0 Å². The highest BCUT2D eigenvalue weighted by Gasteiger charge is 2.23. The summed E-state index contributed by atoms with van der Waals surface area (Å²) in [5, 5.41) is 16.0. The first kappa shape index (κ1) is 18.0. The third kappa shape index (κ3) is 5.37. The first-order chi connectivity index (χ1) is 11.4. The topological polar surface area (TPSA) is 64.6 Å². The van der Waals surface area contributed by atoms with Gasteiger partial charge in [-0.2, -0.15) is 0 Å². The van der Waals surface area contributed by atoms with Crippen LogP contribution in [0.2, 0.25) is 0 Å². The first-order valence-corrected chi connectivity index (χ1v) is 7.93. The average molecular weight is 327 g/mol. The number of carbonyl (C=O) groups is 1. The molecule has 128 valence electrons. The zero-order valence-corrected chi connectivity index (χ0v) is 14.4. The van der Waals surface area contributed by atoms with E-state index in [0.717, 1.165) is 23.4 Å². The number of anilines is 1. The van der Waals surface area contributed by atoms with E-state index in [1.165, 1.54) is 0 Å². The maximum absolute atomic E-state index is 12.1. The Bertz CT molecular complexity index is 669. The second-order valence-corrected chi connectivity index (χ2v) is 6.39. The number of amides is 2. The fourth-order valence-corrected chi connectivity index (χ4v) is 2.44. The van der Waals surface area contributed by atoms with Crippen molar-refractivity contribution >= 4 is 11.7 Å². The van der Waals surface area contributed by atoms with Gasteiger partial charge in [0.2, 0.25) is 0 Å². The Balaban J connectivity index is 1.92. The van der Waals surface area contributed by atoms with Gasteiger partial charge in [-0.25, -0.2) is 4.79 Å². The highest BCUT2D eigenvalue weighted by molar-refractivity contribution is 5.89. The van der Waals surface area contributed by atoms with Crippen LogP contribution in [0.15, 0.2) is 54.6 Å². The van der Waals surface area contributed by atoms with E-state index in [9.17, 15) is 9.90 Å². The molecule has 0 heterocycles. The molecule has 2 rings (SSSR count). The quantitative estimate of drug-likeness (QED) is 0.764. The van der Waals surface area contributed by atoms with Crippen LogP contribution in [-0.4, -0.2) is 36.7 Å². The van der Waals surface area contributed by atoms with Crippen LogP contribution in [0.25, 0.3) is 0 Å². The minimum Gasteiger partial charge on any atom is -0.384 e. The Morgan fingerprint density at radius 2 is 1.83 bits per heavy atom. The molecule has 0 saturated carbocycles. The first-order valence-electron chi connectivity index (χ1n) is 7.93. The summed E-state index contributed by atoms with van der Waals surface area (Å²) in [6.45, 7) is 2.61. The molecule has 0 aromatic heterocycles. The summed E-state index contributed by atoms with van der Waals surface area (Å²) < 4.78 is 0. The maximum atomic E-state index is 12.1. The van der Waals surface area contributed by atoms with Crippen molar-refractivity contribution in [3.63, 3.8) is 0 Å². The lowest BCUT2D eigenvalue weighted by Gasteiger charge is -2.24. The van der Waals surface area contributed by atoms with Crippen molar-refractivity contribution in [2.24, 2.45) is 0 Å². The van der Waals surface area contributed by atoms with Crippen LogP contribution >= 0.6 is 0 Å². The van der Waals surface area contributed by atoms with Crippen LogP contribution in [0, 0.1) is 0 Å². The van der Waals surface area contributed by atoms with Crippen molar-refractivity contribution in [2.45, 2.75) is 19.1 Å². The Hall–Kier alpha value is -2.37. The maximum Gasteiger partial charge on any atom is 0.319 e. The zero-order chi connectivity index (χ0) is 17.6. The minimum absolute atomic E-state index is 0.125. The molecule has 1 atom stereocenters. The molecule has 2 amide bonds. The number of urea groups is 1. The van der Waals surface area contributed by atoms with Gasteiger partial charge in [0, 0.05) is 12.2 Å². The molecule has 2 aromatic rings. The van der Waals surface area contributed by atoms with E-state index in [4.69, 9.17) is 0 Å². The van der Waals surface area contributed by atoms with Gasteiger partial charge in [-0.3, -0.25) is 0 Å². The predicted octanol–water partition coefficient (Wildman–Crippen LogP) is 2.78. The molecule has 24 heavy (non-hydrogen) atoms. The van der Waals surface area contributed by atoms with Crippen LogP contribution in [-0.2, 0) is 12.1 Å². The summed E-state index contributed by atoms with van der Waals surface area (Å²) in [6.07, 6.45) is 0. The van der Waals surface area contributed by atoms with Gasteiger partial charge in [-0.1, -0.05) is 42.5 Å². The highest BCUT2D eigenvalue weighted by Crippen LogP contribution is 2.19. The van der Waals surface area contributed by atoms with Crippen LogP contribution in [0.5, 0.6) is 0 Å². The molecule has 2 aromatic carbocycles. The van der Waals surface area contributed by atoms with E-state index in [-0.39, 0.29) is 12.6 Å². The van der Waals surface area contributed by atoms with Gasteiger partial charge in [0.25, 0.3) is 0 Å². The fourth-order valence-electron chi connectivity index (χ4n) is 2.44. The standard InChI is InChI=1S/C19H25N3O2/c1-19(24,16-9-5-4-6-10-16)14-20-18(23)21-17-11-7-8-15(12-17)13-22(2)3/h4-12,24H,13-14H2,1-3H3,(H2,20,21,23). The molecule has 0 aliphatic carbocycles. The highest BCUT2D eigenvalue weighted by atomic mass is 16.3. The smallest absolute Gasteiger partial charge is 0.319 e. The lowest BCUT2D eigenvalue weighted by molar-refractivity contribution is 0.0599. The third-order valence-corrected chi connectivity index (χ3v) is 3.67. The molecule has 0 aliphatic heterocycles. The number of nitrogens with zero attached hydrogens (tertiary/aromatic N) is 1. The summed E-state index contributed by atoms with van der Waals surface area (Å²) >= 11 is 0. The second kappa shape index (κ2) is 7.95. The largest absolute Gasteiger partial charge is 0.384 e. The van der Waals surface area contributed by atoms with E-state index in [2.05, 4.69) is 15.5 Å². The lowest BCUT2D eigenvalue weighted by Crippen LogP contribution is -2.40. The predicted molar refractivity (Wildman–Crippen MR) is 96.9 cm³/mol. The Morgan fingerprint density at radius 3 is 2.50 bits per heavy atom. The Morgan fingerprint density at radius 1 is 1.12 bits per heavy atom. The molecule has 5 nitrogen and oxygen atoms in total. The summed E-state index contributed by atoms with van der Waals surface area (Å²) in [5.41, 5.74) is 1.49. The van der Waals surface area contributed by atoms with Crippen molar-refractivity contribution in [1.29, 1.82) is 0 Å². The average Bonchev–Trinajstić information content (AvgIpc) is 2.54. The summed E-state index contributed by atoms with van der Waals surface area (Å²) in [5.74, 6) is 0. The number of carbonyl (C=O) groups excluding carboxylic acids is 1. The Kier molecular flexibility index (Phi) is 5.95. The molecule has 0 spiro atoms. The number of nitrogens with one attached hydrogen (secondary N) is 2. The van der Waals surface area contributed by atoms with Crippen LogP contribution in [0.3, 0.4) is 0 Å². The Labute approximate surface area is 143 Å². The van der Waals surface area contributed by atoms with E-state index in [0.29, 0.717) is 0 Å².